The number of halogens is 1. The highest BCUT2D eigenvalue weighted by Gasteiger charge is 2.14. The molecule has 0 saturated carbocycles. The number of carboxylic acid groups (broad SMARTS) is 1. The topological polar surface area (TPSA) is 64.4 Å². The predicted molar refractivity (Wildman–Crippen MR) is 77.3 cm³/mol. The molecule has 0 unspecified atom stereocenters. The molecule has 108 valence electrons. The molecule has 0 atom stereocenters. The molecule has 1 aromatic carbocycles. The molecule has 1 aromatic heterocycles. The Morgan fingerprint density at radius 2 is 2.05 bits per heavy atom. The van der Waals surface area contributed by atoms with Crippen LogP contribution < -0.4 is 0 Å². The summed E-state index contributed by atoms with van der Waals surface area (Å²) in [5.74, 6) is -0.960. The van der Waals surface area contributed by atoms with E-state index in [1.54, 1.807) is 13.1 Å². The fourth-order valence-corrected chi connectivity index (χ4v) is 1.84. The molecule has 5 nitrogen and oxygen atoms in total. The fourth-order valence-electron chi connectivity index (χ4n) is 1.84. The van der Waals surface area contributed by atoms with Crippen LogP contribution in [-0.4, -0.2) is 27.5 Å². The van der Waals surface area contributed by atoms with Crippen molar-refractivity contribution in [3.63, 3.8) is 0 Å². The zero-order valence-electron chi connectivity index (χ0n) is 11.2. The Labute approximate surface area is 123 Å². The van der Waals surface area contributed by atoms with Crippen LogP contribution in [0.15, 0.2) is 36.5 Å². The number of ether oxygens (including phenoxy) is 1. The largest absolute Gasteiger partial charge is 0.477 e. The van der Waals surface area contributed by atoms with E-state index < -0.39 is 5.97 Å². The third kappa shape index (κ3) is 4.08. The molecule has 0 aliphatic heterocycles. The number of carbonyl (C=O) groups is 1. The summed E-state index contributed by atoms with van der Waals surface area (Å²) in [6, 6.07) is 9.84. The van der Waals surface area contributed by atoms with Crippen molar-refractivity contribution in [1.29, 1.82) is 0 Å². The Bertz CT molecular complexity index is 555. The number of aromatic nitrogens is 2. The number of carboxylic acids is 1. The highest BCUT2D eigenvalue weighted by Crippen LogP contribution is 2.07. The molecule has 0 radical (unpaired) electrons. The lowest BCUT2D eigenvalue weighted by molar-refractivity contribution is 0.0674. The van der Waals surface area contributed by atoms with Gasteiger partial charge in [0.15, 0.2) is 0 Å². The second-order valence-electron chi connectivity index (χ2n) is 4.24. The lowest BCUT2D eigenvalue weighted by Gasteiger charge is -2.06. The first-order valence-electron chi connectivity index (χ1n) is 6.06. The second kappa shape index (κ2) is 7.67. The summed E-state index contributed by atoms with van der Waals surface area (Å²) in [6.07, 6.45) is 1.56. The minimum Gasteiger partial charge on any atom is -0.477 e. The van der Waals surface area contributed by atoms with Crippen molar-refractivity contribution in [1.82, 2.24) is 9.78 Å². The van der Waals surface area contributed by atoms with Crippen molar-refractivity contribution in [3.8, 4) is 0 Å². The van der Waals surface area contributed by atoms with Crippen molar-refractivity contribution >= 4 is 18.4 Å². The van der Waals surface area contributed by atoms with Gasteiger partial charge in [-0.3, -0.25) is 4.68 Å². The van der Waals surface area contributed by atoms with Crippen molar-refractivity contribution in [2.75, 3.05) is 6.61 Å². The number of rotatable bonds is 6. The zero-order valence-corrected chi connectivity index (χ0v) is 12.0. The fraction of sp³-hybridized carbons (Fsp3) is 0.286. The molecule has 0 saturated heterocycles. The number of benzene rings is 1. The standard InChI is InChI=1S/C14H16N2O3.ClH/c1-11-9-15-16(13(11)14(17)18)7-8-19-10-12-5-3-2-4-6-12;/h2-6,9H,7-8,10H2,1H3,(H,17,18);1H. The van der Waals surface area contributed by atoms with E-state index in [9.17, 15) is 4.79 Å². The molecule has 6 heteroatoms. The minimum absolute atomic E-state index is 0. The Morgan fingerprint density at radius 1 is 1.35 bits per heavy atom. The van der Waals surface area contributed by atoms with E-state index in [1.807, 2.05) is 30.3 Å². The molecule has 2 aromatic rings. The summed E-state index contributed by atoms with van der Waals surface area (Å²) < 4.78 is 6.97. The molecule has 0 fully saturated rings. The molecular weight excluding hydrogens is 280 g/mol. The molecule has 1 heterocycles. The van der Waals surface area contributed by atoms with Crippen LogP contribution in [0.1, 0.15) is 21.6 Å². The van der Waals surface area contributed by atoms with E-state index in [-0.39, 0.29) is 18.1 Å². The van der Waals surface area contributed by atoms with Gasteiger partial charge in [-0.2, -0.15) is 5.10 Å². The highest BCUT2D eigenvalue weighted by molar-refractivity contribution is 5.87. The van der Waals surface area contributed by atoms with E-state index in [0.717, 1.165) is 5.56 Å². The van der Waals surface area contributed by atoms with Crippen LogP contribution in [0, 0.1) is 6.92 Å². The van der Waals surface area contributed by atoms with Crippen LogP contribution in [0.3, 0.4) is 0 Å². The molecule has 1 N–H and O–H groups in total. The number of aromatic carboxylic acids is 1. The van der Waals surface area contributed by atoms with Crippen LogP contribution in [0.4, 0.5) is 0 Å². The Morgan fingerprint density at radius 3 is 2.70 bits per heavy atom. The first-order valence-corrected chi connectivity index (χ1v) is 6.06. The van der Waals surface area contributed by atoms with Crippen molar-refractivity contribution < 1.29 is 14.6 Å². The van der Waals surface area contributed by atoms with Gasteiger partial charge in [0.2, 0.25) is 0 Å². The second-order valence-corrected chi connectivity index (χ2v) is 4.24. The van der Waals surface area contributed by atoms with Gasteiger partial charge in [0.1, 0.15) is 5.69 Å². The lowest BCUT2D eigenvalue weighted by Crippen LogP contribution is -2.14. The third-order valence-electron chi connectivity index (χ3n) is 2.78. The Kier molecular flexibility index (Phi) is 6.21. The summed E-state index contributed by atoms with van der Waals surface area (Å²) in [5, 5.41) is 13.1. The van der Waals surface area contributed by atoms with Crippen LogP contribution in [-0.2, 0) is 17.9 Å². The smallest absolute Gasteiger partial charge is 0.354 e. The van der Waals surface area contributed by atoms with Gasteiger partial charge in [0.05, 0.1) is 26.0 Å². The number of hydrogen-bond acceptors (Lipinski definition) is 3. The highest BCUT2D eigenvalue weighted by atomic mass is 35.5. The SMILES string of the molecule is Cc1cnn(CCOCc2ccccc2)c1C(=O)O.Cl. The van der Waals surface area contributed by atoms with E-state index in [2.05, 4.69) is 5.10 Å². The maximum Gasteiger partial charge on any atom is 0.354 e. The first kappa shape index (κ1) is 16.2. The van der Waals surface area contributed by atoms with Gasteiger partial charge in [-0.1, -0.05) is 30.3 Å². The van der Waals surface area contributed by atoms with Crippen molar-refractivity contribution in [2.45, 2.75) is 20.1 Å². The maximum atomic E-state index is 11.1. The van der Waals surface area contributed by atoms with Crippen LogP contribution in [0.25, 0.3) is 0 Å². The summed E-state index contributed by atoms with van der Waals surface area (Å²) >= 11 is 0. The molecule has 0 amide bonds. The maximum absolute atomic E-state index is 11.1. The lowest BCUT2D eigenvalue weighted by atomic mass is 10.2. The van der Waals surface area contributed by atoms with E-state index in [0.29, 0.717) is 25.3 Å². The molecular formula is C14H17ClN2O3. The van der Waals surface area contributed by atoms with Crippen LogP contribution in [0.5, 0.6) is 0 Å². The first-order chi connectivity index (χ1) is 9.18. The molecule has 2 rings (SSSR count). The molecule has 0 aliphatic carbocycles. The molecule has 20 heavy (non-hydrogen) atoms. The predicted octanol–water partition coefficient (Wildman–Crippen LogP) is 2.53. The van der Waals surface area contributed by atoms with Gasteiger partial charge < -0.3 is 9.84 Å². The molecule has 0 bridgehead atoms. The summed E-state index contributed by atoms with van der Waals surface area (Å²) in [4.78, 5) is 11.1. The average Bonchev–Trinajstić information content (AvgIpc) is 2.77. The average molecular weight is 297 g/mol. The number of nitrogens with zero attached hydrogens (tertiary/aromatic N) is 2. The Balaban J connectivity index is 0.00000200. The Hall–Kier alpha value is -1.85. The van der Waals surface area contributed by atoms with Gasteiger partial charge in [-0.15, -0.1) is 12.4 Å². The van der Waals surface area contributed by atoms with Gasteiger partial charge in [0, 0.05) is 5.56 Å². The molecule has 0 aliphatic rings. The van der Waals surface area contributed by atoms with Gasteiger partial charge >= 0.3 is 5.97 Å². The van der Waals surface area contributed by atoms with Gasteiger partial charge in [-0.25, -0.2) is 4.79 Å². The van der Waals surface area contributed by atoms with Gasteiger partial charge in [0.25, 0.3) is 0 Å². The van der Waals surface area contributed by atoms with Crippen molar-refractivity contribution in [3.05, 3.63) is 53.3 Å². The van der Waals surface area contributed by atoms with Gasteiger partial charge in [-0.05, 0) is 12.5 Å². The number of aryl methyl sites for hydroxylation is 1. The van der Waals surface area contributed by atoms with E-state index in [4.69, 9.17) is 9.84 Å². The van der Waals surface area contributed by atoms with Crippen LogP contribution >= 0.6 is 12.4 Å². The van der Waals surface area contributed by atoms with Crippen LogP contribution in [0.2, 0.25) is 0 Å². The third-order valence-corrected chi connectivity index (χ3v) is 2.78. The van der Waals surface area contributed by atoms with Crippen molar-refractivity contribution in [2.24, 2.45) is 0 Å². The minimum atomic E-state index is -0.960. The summed E-state index contributed by atoms with van der Waals surface area (Å²) in [6.45, 7) is 3.11. The summed E-state index contributed by atoms with van der Waals surface area (Å²) in [5.41, 5.74) is 1.98. The van der Waals surface area contributed by atoms with E-state index in [1.165, 1.54) is 4.68 Å². The quantitative estimate of drug-likeness (QED) is 0.832. The summed E-state index contributed by atoms with van der Waals surface area (Å²) in [7, 11) is 0. The zero-order chi connectivity index (χ0) is 13.7. The monoisotopic (exact) mass is 296 g/mol. The van der Waals surface area contributed by atoms with E-state index >= 15 is 0 Å². The normalized spacial score (nSPS) is 10.1. The number of hydrogen-bond donors (Lipinski definition) is 1. The molecule has 0 spiro atoms.